The zero-order chi connectivity index (χ0) is 12.3. The molecule has 1 saturated carbocycles. The van der Waals surface area contributed by atoms with Crippen molar-refractivity contribution in [3.8, 4) is 0 Å². The number of nitrogens with one attached hydrogen (secondary N) is 1. The Bertz CT molecular complexity index is 359. The molecule has 1 aliphatic rings. The van der Waals surface area contributed by atoms with E-state index in [1.807, 2.05) is 12.1 Å². The van der Waals surface area contributed by atoms with E-state index in [4.69, 9.17) is 0 Å². The molecule has 1 fully saturated rings. The molecule has 0 saturated heterocycles. The van der Waals surface area contributed by atoms with Gasteiger partial charge >= 0.3 is 0 Å². The third-order valence-corrected chi connectivity index (χ3v) is 3.48. The minimum absolute atomic E-state index is 0.0516. The standard InChI is InChI=1S/C14H21FN2/c1-17(2)8-7-16-12-9-11(10-12)13-5-3-4-6-14(13)15/h3-6,11-12,16H,7-10H2,1-2H3. The highest BCUT2D eigenvalue weighted by Crippen LogP contribution is 2.37. The molecular weight excluding hydrogens is 215 g/mol. The summed E-state index contributed by atoms with van der Waals surface area (Å²) in [5.74, 6) is 0.359. The van der Waals surface area contributed by atoms with Gasteiger partial charge in [0.1, 0.15) is 5.82 Å². The van der Waals surface area contributed by atoms with E-state index in [2.05, 4.69) is 24.3 Å². The van der Waals surface area contributed by atoms with E-state index in [1.54, 1.807) is 12.1 Å². The first kappa shape index (κ1) is 12.5. The Morgan fingerprint density at radius 2 is 2.00 bits per heavy atom. The van der Waals surface area contributed by atoms with Crippen LogP contribution in [0.25, 0.3) is 0 Å². The van der Waals surface area contributed by atoms with Crippen LogP contribution >= 0.6 is 0 Å². The van der Waals surface area contributed by atoms with Crippen LogP contribution in [0.4, 0.5) is 4.39 Å². The van der Waals surface area contributed by atoms with E-state index >= 15 is 0 Å². The molecule has 0 spiro atoms. The quantitative estimate of drug-likeness (QED) is 0.843. The van der Waals surface area contributed by atoms with Crippen molar-refractivity contribution in [2.75, 3.05) is 27.2 Å². The van der Waals surface area contributed by atoms with Crippen LogP contribution in [0.15, 0.2) is 24.3 Å². The fourth-order valence-electron chi connectivity index (χ4n) is 2.34. The SMILES string of the molecule is CN(C)CCNC1CC(c2ccccc2F)C1. The molecule has 0 bridgehead atoms. The molecule has 2 nitrogen and oxygen atoms in total. The van der Waals surface area contributed by atoms with Crippen molar-refractivity contribution in [2.45, 2.75) is 24.8 Å². The molecule has 17 heavy (non-hydrogen) atoms. The molecule has 94 valence electrons. The van der Waals surface area contributed by atoms with Crippen LogP contribution in [0.5, 0.6) is 0 Å². The first-order chi connectivity index (χ1) is 8.16. The van der Waals surface area contributed by atoms with Gasteiger partial charge in [-0.2, -0.15) is 0 Å². The second-order valence-corrected chi connectivity index (χ2v) is 5.14. The Labute approximate surface area is 103 Å². The highest BCUT2D eigenvalue weighted by atomic mass is 19.1. The van der Waals surface area contributed by atoms with Gasteiger partial charge in [-0.1, -0.05) is 18.2 Å². The van der Waals surface area contributed by atoms with Crippen molar-refractivity contribution < 1.29 is 4.39 Å². The lowest BCUT2D eigenvalue weighted by Crippen LogP contribution is -2.42. The summed E-state index contributed by atoms with van der Waals surface area (Å²) >= 11 is 0. The Morgan fingerprint density at radius 3 is 2.65 bits per heavy atom. The van der Waals surface area contributed by atoms with E-state index in [0.717, 1.165) is 31.5 Å². The number of nitrogens with zero attached hydrogens (tertiary/aromatic N) is 1. The van der Waals surface area contributed by atoms with Gasteiger partial charge < -0.3 is 10.2 Å². The summed E-state index contributed by atoms with van der Waals surface area (Å²) in [6.07, 6.45) is 2.13. The normalized spacial score (nSPS) is 23.8. The molecule has 1 aliphatic carbocycles. The molecule has 0 amide bonds. The van der Waals surface area contributed by atoms with E-state index in [9.17, 15) is 4.39 Å². The topological polar surface area (TPSA) is 15.3 Å². The van der Waals surface area contributed by atoms with Crippen LogP contribution in [-0.2, 0) is 0 Å². The van der Waals surface area contributed by atoms with Gasteiger partial charge in [-0.05, 0) is 44.5 Å². The Morgan fingerprint density at radius 1 is 1.29 bits per heavy atom. The molecule has 1 aromatic carbocycles. The van der Waals surface area contributed by atoms with Crippen molar-refractivity contribution >= 4 is 0 Å². The van der Waals surface area contributed by atoms with Crippen molar-refractivity contribution in [1.82, 2.24) is 10.2 Å². The molecule has 3 heteroatoms. The van der Waals surface area contributed by atoms with Gasteiger partial charge in [0, 0.05) is 19.1 Å². The van der Waals surface area contributed by atoms with E-state index in [-0.39, 0.29) is 5.82 Å². The van der Waals surface area contributed by atoms with Crippen LogP contribution in [0, 0.1) is 5.82 Å². The molecular formula is C14H21FN2. The van der Waals surface area contributed by atoms with E-state index in [0.29, 0.717) is 12.0 Å². The maximum absolute atomic E-state index is 13.5. The van der Waals surface area contributed by atoms with Crippen LogP contribution in [0.2, 0.25) is 0 Å². The molecule has 1 aromatic rings. The highest BCUT2D eigenvalue weighted by molar-refractivity contribution is 5.24. The second kappa shape index (κ2) is 5.61. The summed E-state index contributed by atoms with van der Waals surface area (Å²) in [5.41, 5.74) is 0.887. The van der Waals surface area contributed by atoms with Crippen molar-refractivity contribution in [2.24, 2.45) is 0 Å². The van der Waals surface area contributed by atoms with Crippen LogP contribution in [-0.4, -0.2) is 38.1 Å². The van der Waals surface area contributed by atoms with Crippen LogP contribution < -0.4 is 5.32 Å². The molecule has 2 rings (SSSR count). The number of rotatable bonds is 5. The lowest BCUT2D eigenvalue weighted by Gasteiger charge is -2.36. The van der Waals surface area contributed by atoms with E-state index < -0.39 is 0 Å². The van der Waals surface area contributed by atoms with Crippen LogP contribution in [0.1, 0.15) is 24.3 Å². The summed E-state index contributed by atoms with van der Waals surface area (Å²) in [6, 6.07) is 7.72. The average Bonchev–Trinajstić information content (AvgIpc) is 2.23. The zero-order valence-electron chi connectivity index (χ0n) is 10.6. The number of benzene rings is 1. The largest absolute Gasteiger partial charge is 0.313 e. The second-order valence-electron chi connectivity index (χ2n) is 5.14. The highest BCUT2D eigenvalue weighted by Gasteiger charge is 2.31. The number of hydrogen-bond donors (Lipinski definition) is 1. The average molecular weight is 236 g/mol. The van der Waals surface area contributed by atoms with E-state index in [1.165, 1.54) is 0 Å². The molecule has 0 aromatic heterocycles. The maximum Gasteiger partial charge on any atom is 0.126 e. The molecule has 0 unspecified atom stereocenters. The van der Waals surface area contributed by atoms with Gasteiger partial charge in [0.25, 0.3) is 0 Å². The zero-order valence-corrected chi connectivity index (χ0v) is 10.6. The van der Waals surface area contributed by atoms with Gasteiger partial charge in [-0.15, -0.1) is 0 Å². The predicted molar refractivity (Wildman–Crippen MR) is 68.7 cm³/mol. The smallest absolute Gasteiger partial charge is 0.126 e. The minimum Gasteiger partial charge on any atom is -0.313 e. The van der Waals surface area contributed by atoms with Crippen molar-refractivity contribution in [3.05, 3.63) is 35.6 Å². The van der Waals surface area contributed by atoms with Gasteiger partial charge in [-0.25, -0.2) is 4.39 Å². The Balaban J connectivity index is 1.74. The Hall–Kier alpha value is -0.930. The lowest BCUT2D eigenvalue weighted by atomic mass is 9.75. The number of halogens is 1. The maximum atomic E-state index is 13.5. The summed E-state index contributed by atoms with van der Waals surface area (Å²) in [5, 5.41) is 3.51. The number of hydrogen-bond acceptors (Lipinski definition) is 2. The van der Waals surface area contributed by atoms with Crippen molar-refractivity contribution in [1.29, 1.82) is 0 Å². The minimum atomic E-state index is -0.0516. The summed E-state index contributed by atoms with van der Waals surface area (Å²) < 4.78 is 13.5. The summed E-state index contributed by atoms with van der Waals surface area (Å²) in [6.45, 7) is 2.07. The van der Waals surface area contributed by atoms with Crippen molar-refractivity contribution in [3.63, 3.8) is 0 Å². The van der Waals surface area contributed by atoms with Gasteiger partial charge in [0.15, 0.2) is 0 Å². The van der Waals surface area contributed by atoms with Gasteiger partial charge in [0.2, 0.25) is 0 Å². The summed E-state index contributed by atoms with van der Waals surface area (Å²) in [4.78, 5) is 2.17. The van der Waals surface area contributed by atoms with Gasteiger partial charge in [0.05, 0.1) is 0 Å². The first-order valence-electron chi connectivity index (χ1n) is 6.29. The Kier molecular flexibility index (Phi) is 4.13. The monoisotopic (exact) mass is 236 g/mol. The number of likely N-dealkylation sites (N-methyl/N-ethyl adjacent to an activating group) is 1. The van der Waals surface area contributed by atoms with Gasteiger partial charge in [-0.3, -0.25) is 0 Å². The summed E-state index contributed by atoms with van der Waals surface area (Å²) in [7, 11) is 4.15. The predicted octanol–water partition coefficient (Wildman–Crippen LogP) is 2.22. The first-order valence-corrected chi connectivity index (χ1v) is 6.29. The molecule has 1 N–H and O–H groups in total. The molecule has 0 radical (unpaired) electrons. The lowest BCUT2D eigenvalue weighted by molar-refractivity contribution is 0.273. The van der Waals surface area contributed by atoms with Crippen LogP contribution in [0.3, 0.4) is 0 Å². The molecule has 0 aliphatic heterocycles. The third kappa shape index (κ3) is 3.27. The molecule has 0 atom stereocenters. The fraction of sp³-hybridized carbons (Fsp3) is 0.571. The third-order valence-electron chi connectivity index (χ3n) is 3.48. The molecule has 0 heterocycles. The fourth-order valence-corrected chi connectivity index (χ4v) is 2.34.